The van der Waals surface area contributed by atoms with Crippen molar-refractivity contribution < 1.29 is 19.0 Å². The summed E-state index contributed by atoms with van der Waals surface area (Å²) >= 11 is 5.87. The Morgan fingerprint density at radius 2 is 1.92 bits per heavy atom. The van der Waals surface area contributed by atoms with E-state index in [9.17, 15) is 4.79 Å². The zero-order valence-corrected chi connectivity index (χ0v) is 15.2. The molecule has 1 aliphatic heterocycles. The molecule has 0 saturated carbocycles. The van der Waals surface area contributed by atoms with Crippen molar-refractivity contribution in [1.29, 1.82) is 0 Å². The van der Waals surface area contributed by atoms with Gasteiger partial charge in [-0.3, -0.25) is 0 Å². The van der Waals surface area contributed by atoms with Crippen LogP contribution in [0.1, 0.15) is 24.5 Å². The van der Waals surface area contributed by atoms with Gasteiger partial charge < -0.3 is 14.2 Å². The minimum Gasteiger partial charge on any atom is -0.493 e. The minimum absolute atomic E-state index is 0.222. The van der Waals surface area contributed by atoms with Crippen molar-refractivity contribution in [3.8, 4) is 11.5 Å². The van der Waals surface area contributed by atoms with E-state index in [0.29, 0.717) is 28.7 Å². The Balaban J connectivity index is 1.86. The van der Waals surface area contributed by atoms with Gasteiger partial charge >= 0.3 is 5.97 Å². The SMILES string of the molecule is CCCOc1ccc(/C=C2/N=C(c3ccc(Cl)cc3)OC2=O)cc1OC. The van der Waals surface area contributed by atoms with Gasteiger partial charge in [0.1, 0.15) is 0 Å². The molecule has 134 valence electrons. The molecule has 0 atom stereocenters. The number of ether oxygens (including phenoxy) is 3. The second-order valence-corrected chi connectivity index (χ2v) is 6.04. The molecule has 1 aliphatic rings. The molecule has 3 rings (SSSR count). The Labute approximate surface area is 156 Å². The Hall–Kier alpha value is -2.79. The Kier molecular flexibility index (Phi) is 5.58. The molecule has 0 aromatic heterocycles. The zero-order valence-electron chi connectivity index (χ0n) is 14.5. The summed E-state index contributed by atoms with van der Waals surface area (Å²) < 4.78 is 16.2. The zero-order chi connectivity index (χ0) is 18.5. The first kappa shape index (κ1) is 18.0. The molecule has 6 heteroatoms. The quantitative estimate of drug-likeness (QED) is 0.555. The normalized spacial score (nSPS) is 15.0. The topological polar surface area (TPSA) is 57.1 Å². The van der Waals surface area contributed by atoms with Crippen molar-refractivity contribution in [2.75, 3.05) is 13.7 Å². The first-order valence-corrected chi connectivity index (χ1v) is 8.58. The van der Waals surface area contributed by atoms with Crippen LogP contribution in [0.4, 0.5) is 0 Å². The number of hydrogen-bond acceptors (Lipinski definition) is 5. The van der Waals surface area contributed by atoms with Gasteiger partial charge in [-0.15, -0.1) is 0 Å². The molecule has 1 heterocycles. The first-order valence-electron chi connectivity index (χ1n) is 8.20. The molecule has 0 fully saturated rings. The number of rotatable bonds is 6. The van der Waals surface area contributed by atoms with Gasteiger partial charge in [-0.1, -0.05) is 24.6 Å². The summed E-state index contributed by atoms with van der Waals surface area (Å²) in [6.45, 7) is 2.64. The number of halogens is 1. The Bertz CT molecular complexity index is 872. The molecule has 0 N–H and O–H groups in total. The van der Waals surface area contributed by atoms with Crippen LogP contribution in [0.5, 0.6) is 11.5 Å². The fourth-order valence-electron chi connectivity index (χ4n) is 2.39. The lowest BCUT2D eigenvalue weighted by Crippen LogP contribution is -2.05. The van der Waals surface area contributed by atoms with Gasteiger partial charge in [-0.2, -0.15) is 0 Å². The van der Waals surface area contributed by atoms with E-state index in [1.165, 1.54) is 0 Å². The van der Waals surface area contributed by atoms with Crippen molar-refractivity contribution >= 4 is 29.5 Å². The average molecular weight is 372 g/mol. The highest BCUT2D eigenvalue weighted by Gasteiger charge is 2.24. The molecule has 0 unspecified atom stereocenters. The molecule has 26 heavy (non-hydrogen) atoms. The van der Waals surface area contributed by atoms with Crippen molar-refractivity contribution in [2.24, 2.45) is 4.99 Å². The van der Waals surface area contributed by atoms with Crippen LogP contribution in [-0.4, -0.2) is 25.6 Å². The molecule has 2 aromatic rings. The molecular weight excluding hydrogens is 354 g/mol. The molecule has 0 spiro atoms. The van der Waals surface area contributed by atoms with Gasteiger partial charge in [0.25, 0.3) is 0 Å². The number of cyclic esters (lactones) is 1. The lowest BCUT2D eigenvalue weighted by Gasteiger charge is -2.10. The number of nitrogens with zero attached hydrogens (tertiary/aromatic N) is 1. The van der Waals surface area contributed by atoms with Crippen LogP contribution in [-0.2, 0) is 9.53 Å². The van der Waals surface area contributed by atoms with E-state index in [-0.39, 0.29) is 11.6 Å². The summed E-state index contributed by atoms with van der Waals surface area (Å²) in [6.07, 6.45) is 2.56. The summed E-state index contributed by atoms with van der Waals surface area (Å²) in [5, 5.41) is 0.604. The molecule has 0 radical (unpaired) electrons. The number of aliphatic imine (C=N–C) groups is 1. The van der Waals surface area contributed by atoms with Crippen molar-refractivity contribution in [1.82, 2.24) is 0 Å². The minimum atomic E-state index is -0.500. The summed E-state index contributed by atoms with van der Waals surface area (Å²) in [5.74, 6) is 1.02. The maximum Gasteiger partial charge on any atom is 0.363 e. The van der Waals surface area contributed by atoms with Crippen LogP contribution in [0, 0.1) is 0 Å². The fraction of sp³-hybridized carbons (Fsp3) is 0.200. The average Bonchev–Trinajstić information content (AvgIpc) is 3.01. The monoisotopic (exact) mass is 371 g/mol. The van der Waals surface area contributed by atoms with Crippen molar-refractivity contribution in [3.63, 3.8) is 0 Å². The number of benzene rings is 2. The second-order valence-electron chi connectivity index (χ2n) is 5.60. The third-order valence-corrected chi connectivity index (χ3v) is 3.92. The van der Waals surface area contributed by atoms with E-state index in [4.69, 9.17) is 25.8 Å². The van der Waals surface area contributed by atoms with Crippen molar-refractivity contribution in [2.45, 2.75) is 13.3 Å². The fourth-order valence-corrected chi connectivity index (χ4v) is 2.51. The predicted octanol–water partition coefficient (Wildman–Crippen LogP) is 4.48. The molecule has 0 bridgehead atoms. The van der Waals surface area contributed by atoms with Crippen LogP contribution < -0.4 is 9.47 Å². The molecule has 2 aromatic carbocycles. The van der Waals surface area contributed by atoms with E-state index in [1.807, 2.05) is 19.1 Å². The van der Waals surface area contributed by atoms with Gasteiger partial charge in [0, 0.05) is 10.6 Å². The number of methoxy groups -OCH3 is 1. The third-order valence-electron chi connectivity index (χ3n) is 3.66. The van der Waals surface area contributed by atoms with Gasteiger partial charge in [-0.25, -0.2) is 9.79 Å². The van der Waals surface area contributed by atoms with E-state index in [1.54, 1.807) is 43.5 Å². The molecule has 0 saturated heterocycles. The van der Waals surface area contributed by atoms with E-state index < -0.39 is 5.97 Å². The van der Waals surface area contributed by atoms with Gasteiger partial charge in [-0.05, 0) is 54.5 Å². The summed E-state index contributed by atoms with van der Waals surface area (Å²) in [6, 6.07) is 12.4. The van der Waals surface area contributed by atoms with Crippen LogP contribution in [0.15, 0.2) is 53.2 Å². The second kappa shape index (κ2) is 8.06. The highest BCUT2D eigenvalue weighted by atomic mass is 35.5. The lowest BCUT2D eigenvalue weighted by molar-refractivity contribution is -0.129. The van der Waals surface area contributed by atoms with Crippen LogP contribution >= 0.6 is 11.6 Å². The molecule has 0 amide bonds. The van der Waals surface area contributed by atoms with Crippen LogP contribution in [0.2, 0.25) is 5.02 Å². The molecular formula is C20H18ClNO4. The van der Waals surface area contributed by atoms with E-state index in [2.05, 4.69) is 4.99 Å². The molecule has 5 nitrogen and oxygen atoms in total. The smallest absolute Gasteiger partial charge is 0.363 e. The van der Waals surface area contributed by atoms with Crippen LogP contribution in [0.25, 0.3) is 6.08 Å². The predicted molar refractivity (Wildman–Crippen MR) is 101 cm³/mol. The lowest BCUT2D eigenvalue weighted by atomic mass is 10.1. The van der Waals surface area contributed by atoms with Gasteiger partial charge in [0.2, 0.25) is 5.90 Å². The molecule has 0 aliphatic carbocycles. The maximum absolute atomic E-state index is 12.1. The number of carbonyl (C=O) groups excluding carboxylic acids is 1. The summed E-state index contributed by atoms with van der Waals surface area (Å²) in [4.78, 5) is 16.4. The highest BCUT2D eigenvalue weighted by Crippen LogP contribution is 2.30. The highest BCUT2D eigenvalue weighted by molar-refractivity contribution is 6.30. The van der Waals surface area contributed by atoms with E-state index in [0.717, 1.165) is 12.0 Å². The maximum atomic E-state index is 12.1. The van der Waals surface area contributed by atoms with Gasteiger partial charge in [0.05, 0.1) is 13.7 Å². The summed E-state index contributed by atoms with van der Waals surface area (Å²) in [7, 11) is 1.58. The van der Waals surface area contributed by atoms with Crippen LogP contribution in [0.3, 0.4) is 0 Å². The first-order chi connectivity index (χ1) is 12.6. The standard InChI is InChI=1S/C20H18ClNO4/c1-3-10-25-17-9-4-13(12-18(17)24-2)11-16-20(23)26-19(22-16)14-5-7-15(21)8-6-14/h4-9,11-12H,3,10H2,1-2H3/b16-11+. The Morgan fingerprint density at radius 3 is 2.62 bits per heavy atom. The summed E-state index contributed by atoms with van der Waals surface area (Å²) in [5.41, 5.74) is 1.67. The Morgan fingerprint density at radius 1 is 1.15 bits per heavy atom. The number of carbonyl (C=O) groups is 1. The van der Waals surface area contributed by atoms with Gasteiger partial charge in [0.15, 0.2) is 17.2 Å². The largest absolute Gasteiger partial charge is 0.493 e. The van der Waals surface area contributed by atoms with Crippen molar-refractivity contribution in [3.05, 3.63) is 64.3 Å². The van der Waals surface area contributed by atoms with E-state index >= 15 is 0 Å². The third kappa shape index (κ3) is 4.06. The number of hydrogen-bond donors (Lipinski definition) is 0. The number of esters is 1.